The lowest BCUT2D eigenvalue weighted by atomic mass is 9.67. The van der Waals surface area contributed by atoms with Crippen molar-refractivity contribution in [1.29, 1.82) is 0 Å². The maximum absolute atomic E-state index is 12.0. The molecule has 0 aliphatic heterocycles. The van der Waals surface area contributed by atoms with Crippen LogP contribution < -0.4 is 15.7 Å². The number of aliphatic hydroxyl groups is 2. The number of carbonyl (C=O) groups is 2. The molecule has 0 saturated carbocycles. The summed E-state index contributed by atoms with van der Waals surface area (Å²) in [5.74, 6) is -1.72. The van der Waals surface area contributed by atoms with E-state index in [4.69, 9.17) is 25.0 Å². The van der Waals surface area contributed by atoms with Crippen molar-refractivity contribution in [2.75, 3.05) is 35.8 Å². The summed E-state index contributed by atoms with van der Waals surface area (Å²) >= 11 is 0. The highest BCUT2D eigenvalue weighted by Gasteiger charge is 2.41. The predicted octanol–water partition coefficient (Wildman–Crippen LogP) is 11.0. The van der Waals surface area contributed by atoms with Crippen LogP contribution in [0.2, 0.25) is 0 Å². The van der Waals surface area contributed by atoms with Crippen molar-refractivity contribution in [2.45, 2.75) is 220 Å². The van der Waals surface area contributed by atoms with Gasteiger partial charge in [-0.25, -0.2) is 9.59 Å². The van der Waals surface area contributed by atoms with E-state index >= 15 is 0 Å². The molecule has 0 aromatic carbocycles. The van der Waals surface area contributed by atoms with Crippen molar-refractivity contribution in [3.63, 3.8) is 0 Å². The third-order valence-electron chi connectivity index (χ3n) is 11.6. The predicted molar refractivity (Wildman–Crippen MR) is 244 cm³/mol. The van der Waals surface area contributed by atoms with Gasteiger partial charge >= 0.3 is 11.9 Å². The van der Waals surface area contributed by atoms with Gasteiger partial charge in [0.15, 0.2) is 0 Å². The highest BCUT2D eigenvalue weighted by molar-refractivity contribution is 5.83. The van der Waals surface area contributed by atoms with Gasteiger partial charge < -0.3 is 30.3 Å². The molecule has 1 aromatic rings. The summed E-state index contributed by atoms with van der Waals surface area (Å²) in [4.78, 5) is 45.3. The highest BCUT2D eigenvalue weighted by atomic mass is 16.8. The molecule has 1 atom stereocenters. The van der Waals surface area contributed by atoms with Crippen LogP contribution in [0.5, 0.6) is 0 Å². The van der Waals surface area contributed by atoms with Crippen molar-refractivity contribution in [1.82, 2.24) is 15.0 Å². The van der Waals surface area contributed by atoms with Crippen molar-refractivity contribution in [2.24, 2.45) is 5.41 Å². The van der Waals surface area contributed by atoms with Crippen LogP contribution in [0, 0.1) is 5.41 Å². The molecule has 1 unspecified atom stereocenters. The molecule has 1 rings (SSSR count). The van der Waals surface area contributed by atoms with Crippen molar-refractivity contribution in [3.8, 4) is 0 Å². The highest BCUT2D eigenvalue weighted by Crippen LogP contribution is 2.45. The summed E-state index contributed by atoms with van der Waals surface area (Å²) in [7, 11) is 0. The zero-order chi connectivity index (χ0) is 44.3. The van der Waals surface area contributed by atoms with Gasteiger partial charge in [0.25, 0.3) is 12.2 Å². The van der Waals surface area contributed by atoms with Crippen LogP contribution in [0.25, 0.3) is 0 Å². The van der Waals surface area contributed by atoms with Crippen molar-refractivity contribution >= 4 is 29.8 Å². The summed E-state index contributed by atoms with van der Waals surface area (Å²) in [6.07, 6.45) is 33.2. The lowest BCUT2D eigenvalue weighted by molar-refractivity contribution is -0.192. The molecule has 0 aliphatic carbocycles. The van der Waals surface area contributed by atoms with Gasteiger partial charge in [0.05, 0.1) is 0 Å². The fourth-order valence-corrected chi connectivity index (χ4v) is 8.23. The molecule has 4 N–H and O–H groups in total. The minimum Gasteiger partial charge on any atom is -0.419 e. The molecule has 346 valence electrons. The number of unbranched alkanes of at least 4 members (excludes halogenated alkanes) is 20. The van der Waals surface area contributed by atoms with Crippen LogP contribution in [0.15, 0.2) is 25.3 Å². The number of ether oxygens (including phenoxy) is 2. The lowest BCUT2D eigenvalue weighted by Crippen LogP contribution is -2.50. The summed E-state index contributed by atoms with van der Waals surface area (Å²) in [5, 5.41) is 22.8. The Balaban J connectivity index is 3.76. The zero-order valence-electron chi connectivity index (χ0n) is 38.4. The normalized spacial score (nSPS) is 12.1. The number of nitrogen functional groups attached to an aromatic ring is 1. The fraction of sp³-hybridized carbons (Fsp3) is 0.809. The summed E-state index contributed by atoms with van der Waals surface area (Å²) in [6.45, 7) is 14.2. The first kappa shape index (κ1) is 54.7. The summed E-state index contributed by atoms with van der Waals surface area (Å²) < 4.78 is 10.2. The third-order valence-corrected chi connectivity index (χ3v) is 11.6. The topological polar surface area (TPSA) is 173 Å². The van der Waals surface area contributed by atoms with Gasteiger partial charge in [0.1, 0.15) is 20.1 Å². The Labute approximate surface area is 364 Å². The smallest absolute Gasteiger partial charge is 0.333 e. The maximum atomic E-state index is 12.0. The van der Waals surface area contributed by atoms with Gasteiger partial charge in [-0.3, -0.25) is 4.84 Å². The number of hydrogen-bond acceptors (Lipinski definition) is 13. The Bertz CT molecular complexity index is 1210. The van der Waals surface area contributed by atoms with E-state index < -0.39 is 31.6 Å². The van der Waals surface area contributed by atoms with Gasteiger partial charge in [0.2, 0.25) is 11.9 Å². The number of rotatable bonds is 41. The van der Waals surface area contributed by atoms with E-state index in [1.165, 1.54) is 122 Å². The SMILES string of the molecule is C=CC(=O)OC(CON(CO)c1nc(N)nc(N(CO)C(CCCCCCCC)C(CCCCCCCC)(CCCCCCCC)CCCCCCCC)n1)OC(=O)C=C. The zero-order valence-corrected chi connectivity index (χ0v) is 38.4. The van der Waals surface area contributed by atoms with E-state index in [1.807, 2.05) is 4.90 Å². The average Bonchev–Trinajstić information content (AvgIpc) is 3.24. The molecule has 0 radical (unpaired) electrons. The minimum atomic E-state index is -1.49. The van der Waals surface area contributed by atoms with Crippen LogP contribution in [-0.4, -0.2) is 69.5 Å². The van der Waals surface area contributed by atoms with Crippen LogP contribution >= 0.6 is 0 Å². The number of anilines is 3. The van der Waals surface area contributed by atoms with Crippen molar-refractivity contribution in [3.05, 3.63) is 25.3 Å². The molecule has 0 amide bonds. The molecule has 0 bridgehead atoms. The lowest BCUT2D eigenvalue weighted by Gasteiger charge is -2.47. The first-order valence-electron chi connectivity index (χ1n) is 23.7. The van der Waals surface area contributed by atoms with Crippen LogP contribution in [0.4, 0.5) is 17.8 Å². The molecule has 60 heavy (non-hydrogen) atoms. The number of nitrogens with zero attached hydrogens (tertiary/aromatic N) is 5. The van der Waals surface area contributed by atoms with E-state index in [9.17, 15) is 19.8 Å². The second-order valence-electron chi connectivity index (χ2n) is 16.4. The van der Waals surface area contributed by atoms with Gasteiger partial charge in [-0.1, -0.05) is 195 Å². The van der Waals surface area contributed by atoms with Gasteiger partial charge in [0, 0.05) is 18.2 Å². The fourth-order valence-electron chi connectivity index (χ4n) is 8.23. The average molecular weight is 847 g/mol. The second kappa shape index (κ2) is 35.3. The number of hydroxylamine groups is 1. The Morgan fingerprint density at radius 2 is 1.02 bits per heavy atom. The van der Waals surface area contributed by atoms with Gasteiger partial charge in [-0.05, 0) is 31.1 Å². The first-order valence-corrected chi connectivity index (χ1v) is 23.7. The van der Waals surface area contributed by atoms with Crippen LogP contribution in [0.1, 0.15) is 207 Å². The molecular formula is C47H86N6O7. The van der Waals surface area contributed by atoms with E-state index in [2.05, 4.69) is 50.8 Å². The molecular weight excluding hydrogens is 761 g/mol. The number of hydrogen-bond donors (Lipinski definition) is 3. The molecule has 0 aliphatic rings. The first-order chi connectivity index (χ1) is 29.2. The maximum Gasteiger partial charge on any atom is 0.333 e. The second-order valence-corrected chi connectivity index (χ2v) is 16.4. The monoisotopic (exact) mass is 847 g/mol. The van der Waals surface area contributed by atoms with Gasteiger partial charge in [-0.2, -0.15) is 20.0 Å². The van der Waals surface area contributed by atoms with E-state index in [0.29, 0.717) is 0 Å². The molecule has 0 spiro atoms. The Kier molecular flexibility index (Phi) is 32.2. The van der Waals surface area contributed by atoms with Crippen LogP contribution in [-0.2, 0) is 23.9 Å². The third kappa shape index (κ3) is 23.1. The van der Waals surface area contributed by atoms with Gasteiger partial charge in [-0.15, -0.1) is 0 Å². The molecule has 0 fully saturated rings. The number of esters is 2. The Morgan fingerprint density at radius 3 is 1.42 bits per heavy atom. The minimum absolute atomic E-state index is 0.0743. The largest absolute Gasteiger partial charge is 0.419 e. The number of aromatic nitrogens is 3. The molecule has 13 heteroatoms. The van der Waals surface area contributed by atoms with E-state index in [0.717, 1.165) is 75.0 Å². The number of carbonyl (C=O) groups excluding carboxylic acids is 2. The molecule has 1 heterocycles. The number of nitrogens with two attached hydrogens (primary N) is 1. The quantitative estimate of drug-likeness (QED) is 0.0187. The molecule has 13 nitrogen and oxygen atoms in total. The summed E-state index contributed by atoms with van der Waals surface area (Å²) in [5.41, 5.74) is 6.27. The Hall–Kier alpha value is -3.29. The molecule has 1 aromatic heterocycles. The van der Waals surface area contributed by atoms with Crippen LogP contribution in [0.3, 0.4) is 0 Å². The number of aliphatic hydroxyl groups excluding tert-OH is 2. The van der Waals surface area contributed by atoms with E-state index in [-0.39, 0.29) is 36.0 Å². The standard InChI is InChI=1S/C47H86N6O7/c1-7-13-17-21-25-29-33-40(47(34-30-26-22-18-14-8-2,35-31-27-23-19-15-9-3)36-32-28-24-20-16-10-4)52(38-54)45-49-44(48)50-46(51-45)53(39-55)58-37-43(59-41(56)11-5)60-42(57)12-6/h11-12,40,43,54-55H,5-10,13-39H2,1-4H3,(H2,48,49,50,51). The molecule has 0 saturated heterocycles. The summed E-state index contributed by atoms with van der Waals surface area (Å²) in [6, 6.07) is -0.0743. The van der Waals surface area contributed by atoms with Crippen molar-refractivity contribution < 1.29 is 34.1 Å². The Morgan fingerprint density at radius 1 is 0.617 bits per heavy atom. The van der Waals surface area contributed by atoms with E-state index in [1.54, 1.807) is 0 Å².